The highest BCUT2D eigenvalue weighted by atomic mass is 16.7. The number of fused-ring (bicyclic) bond motifs is 1. The summed E-state index contributed by atoms with van der Waals surface area (Å²) in [4.78, 5) is 0. The summed E-state index contributed by atoms with van der Waals surface area (Å²) in [5.74, 6) is 1.68. The van der Waals surface area contributed by atoms with Gasteiger partial charge in [0.25, 0.3) is 0 Å². The Morgan fingerprint density at radius 1 is 1.44 bits per heavy atom. The van der Waals surface area contributed by atoms with Crippen molar-refractivity contribution in [2.45, 2.75) is 25.9 Å². The molecule has 0 aliphatic carbocycles. The second-order valence-corrected chi connectivity index (χ2v) is 3.99. The Hall–Kier alpha value is -1.48. The van der Waals surface area contributed by atoms with Crippen molar-refractivity contribution in [1.29, 1.82) is 0 Å². The monoisotopic (exact) mass is 219 g/mol. The molecule has 3 nitrogen and oxygen atoms in total. The van der Waals surface area contributed by atoms with E-state index in [1.807, 2.05) is 18.2 Å². The van der Waals surface area contributed by atoms with Gasteiger partial charge in [-0.25, -0.2) is 0 Å². The Morgan fingerprint density at radius 2 is 2.25 bits per heavy atom. The maximum absolute atomic E-state index is 5.33. The van der Waals surface area contributed by atoms with E-state index in [2.05, 4.69) is 24.9 Å². The van der Waals surface area contributed by atoms with E-state index in [9.17, 15) is 0 Å². The zero-order valence-electron chi connectivity index (χ0n) is 9.53. The van der Waals surface area contributed by atoms with Crippen LogP contribution in [0.15, 0.2) is 30.9 Å². The summed E-state index contributed by atoms with van der Waals surface area (Å²) in [6.07, 6.45) is 2.90. The van der Waals surface area contributed by atoms with Crippen molar-refractivity contribution < 1.29 is 9.47 Å². The normalized spacial score (nSPS) is 14.8. The van der Waals surface area contributed by atoms with Crippen LogP contribution in [-0.2, 0) is 6.54 Å². The lowest BCUT2D eigenvalue weighted by atomic mass is 10.1. The molecule has 0 fully saturated rings. The minimum Gasteiger partial charge on any atom is -0.454 e. The molecule has 0 saturated carbocycles. The average molecular weight is 219 g/mol. The second-order valence-electron chi connectivity index (χ2n) is 3.99. The van der Waals surface area contributed by atoms with Crippen LogP contribution in [0.1, 0.15) is 18.9 Å². The lowest BCUT2D eigenvalue weighted by Crippen LogP contribution is -2.24. The standard InChI is InChI=1S/C13H17NO2/c1-3-4-10(2)14-8-11-5-6-12-13(7-11)16-9-15-12/h3,5-7,10,14H,1,4,8-9H2,2H3. The van der Waals surface area contributed by atoms with Crippen molar-refractivity contribution in [2.24, 2.45) is 0 Å². The SMILES string of the molecule is C=CCC(C)NCc1ccc2c(c1)OCO2. The second kappa shape index (κ2) is 5.03. The summed E-state index contributed by atoms with van der Waals surface area (Å²) < 4.78 is 10.6. The molecule has 0 radical (unpaired) electrons. The van der Waals surface area contributed by atoms with Gasteiger partial charge >= 0.3 is 0 Å². The topological polar surface area (TPSA) is 30.5 Å². The van der Waals surface area contributed by atoms with E-state index in [1.54, 1.807) is 0 Å². The Balaban J connectivity index is 1.92. The first kappa shape index (κ1) is 11.0. The molecule has 0 aromatic heterocycles. The Labute approximate surface area is 96.1 Å². The van der Waals surface area contributed by atoms with Crippen molar-refractivity contribution in [3.05, 3.63) is 36.4 Å². The molecule has 86 valence electrons. The number of ether oxygens (including phenoxy) is 2. The molecule has 3 heteroatoms. The van der Waals surface area contributed by atoms with E-state index in [1.165, 1.54) is 5.56 Å². The Kier molecular flexibility index (Phi) is 3.47. The smallest absolute Gasteiger partial charge is 0.231 e. The predicted molar refractivity (Wildman–Crippen MR) is 63.7 cm³/mol. The number of hydrogen-bond acceptors (Lipinski definition) is 3. The molecule has 0 amide bonds. The zero-order valence-corrected chi connectivity index (χ0v) is 9.53. The van der Waals surface area contributed by atoms with E-state index in [0.717, 1.165) is 24.5 Å². The lowest BCUT2D eigenvalue weighted by molar-refractivity contribution is 0.174. The van der Waals surface area contributed by atoms with E-state index in [4.69, 9.17) is 9.47 Å². The number of benzene rings is 1. The molecule has 1 aromatic rings. The maximum Gasteiger partial charge on any atom is 0.231 e. The van der Waals surface area contributed by atoms with Gasteiger partial charge in [-0.05, 0) is 31.0 Å². The largest absolute Gasteiger partial charge is 0.454 e. The quantitative estimate of drug-likeness (QED) is 0.772. The highest BCUT2D eigenvalue weighted by Crippen LogP contribution is 2.32. The number of hydrogen-bond donors (Lipinski definition) is 1. The van der Waals surface area contributed by atoms with Gasteiger partial charge in [0.05, 0.1) is 0 Å². The van der Waals surface area contributed by atoms with Gasteiger partial charge in [0.2, 0.25) is 6.79 Å². The Bertz CT molecular complexity index is 376. The predicted octanol–water partition coefficient (Wildman–Crippen LogP) is 2.47. The summed E-state index contributed by atoms with van der Waals surface area (Å²) in [7, 11) is 0. The molecule has 1 atom stereocenters. The van der Waals surface area contributed by atoms with Crippen LogP contribution in [0.3, 0.4) is 0 Å². The third-order valence-electron chi connectivity index (χ3n) is 2.61. The molecule has 0 saturated heterocycles. The van der Waals surface area contributed by atoms with Gasteiger partial charge in [0.1, 0.15) is 0 Å². The van der Waals surface area contributed by atoms with Crippen LogP contribution in [0.2, 0.25) is 0 Å². The number of nitrogens with one attached hydrogen (secondary N) is 1. The van der Waals surface area contributed by atoms with Crippen LogP contribution in [0, 0.1) is 0 Å². The molecule has 1 N–H and O–H groups in total. The van der Waals surface area contributed by atoms with Gasteiger partial charge in [-0.3, -0.25) is 0 Å². The summed E-state index contributed by atoms with van der Waals surface area (Å²) in [6, 6.07) is 6.48. The van der Waals surface area contributed by atoms with E-state index < -0.39 is 0 Å². The summed E-state index contributed by atoms with van der Waals surface area (Å²) in [5.41, 5.74) is 1.21. The molecule has 1 heterocycles. The molecule has 1 unspecified atom stereocenters. The summed E-state index contributed by atoms with van der Waals surface area (Å²) >= 11 is 0. The number of rotatable bonds is 5. The first-order valence-electron chi connectivity index (χ1n) is 5.52. The van der Waals surface area contributed by atoms with Gasteiger partial charge in [-0.1, -0.05) is 12.1 Å². The lowest BCUT2D eigenvalue weighted by Gasteiger charge is -2.11. The van der Waals surface area contributed by atoms with Crippen LogP contribution in [0.4, 0.5) is 0 Å². The summed E-state index contributed by atoms with van der Waals surface area (Å²) in [5, 5.41) is 3.42. The van der Waals surface area contributed by atoms with Gasteiger partial charge in [-0.15, -0.1) is 6.58 Å². The molecule has 1 aromatic carbocycles. The molecule has 1 aliphatic rings. The van der Waals surface area contributed by atoms with Gasteiger partial charge in [0, 0.05) is 12.6 Å². The van der Waals surface area contributed by atoms with Crippen LogP contribution < -0.4 is 14.8 Å². The molecule has 0 spiro atoms. The first-order chi connectivity index (χ1) is 7.79. The molecular weight excluding hydrogens is 202 g/mol. The molecular formula is C13H17NO2. The molecule has 16 heavy (non-hydrogen) atoms. The van der Waals surface area contributed by atoms with Crippen molar-refractivity contribution >= 4 is 0 Å². The third kappa shape index (κ3) is 2.55. The van der Waals surface area contributed by atoms with E-state index in [0.29, 0.717) is 12.8 Å². The van der Waals surface area contributed by atoms with Crippen molar-refractivity contribution in [2.75, 3.05) is 6.79 Å². The minimum absolute atomic E-state index is 0.332. The maximum atomic E-state index is 5.33. The average Bonchev–Trinajstić information content (AvgIpc) is 2.74. The highest BCUT2D eigenvalue weighted by molar-refractivity contribution is 5.44. The van der Waals surface area contributed by atoms with Crippen LogP contribution in [0.5, 0.6) is 11.5 Å². The fourth-order valence-electron chi connectivity index (χ4n) is 1.68. The zero-order chi connectivity index (χ0) is 11.4. The van der Waals surface area contributed by atoms with Crippen LogP contribution in [-0.4, -0.2) is 12.8 Å². The van der Waals surface area contributed by atoms with Gasteiger partial charge in [-0.2, -0.15) is 0 Å². The van der Waals surface area contributed by atoms with Gasteiger partial charge in [0.15, 0.2) is 11.5 Å². The fraction of sp³-hybridized carbons (Fsp3) is 0.385. The molecule has 0 bridgehead atoms. The van der Waals surface area contributed by atoms with Gasteiger partial charge < -0.3 is 14.8 Å². The fourth-order valence-corrected chi connectivity index (χ4v) is 1.68. The minimum atomic E-state index is 0.332. The first-order valence-corrected chi connectivity index (χ1v) is 5.52. The molecule has 2 rings (SSSR count). The highest BCUT2D eigenvalue weighted by Gasteiger charge is 2.13. The van der Waals surface area contributed by atoms with E-state index >= 15 is 0 Å². The molecule has 1 aliphatic heterocycles. The summed E-state index contributed by atoms with van der Waals surface area (Å²) in [6.45, 7) is 7.05. The third-order valence-corrected chi connectivity index (χ3v) is 2.61. The van der Waals surface area contributed by atoms with Crippen LogP contribution in [0.25, 0.3) is 0 Å². The van der Waals surface area contributed by atoms with E-state index in [-0.39, 0.29) is 0 Å². The van der Waals surface area contributed by atoms with Crippen molar-refractivity contribution in [3.63, 3.8) is 0 Å². The Morgan fingerprint density at radius 3 is 3.06 bits per heavy atom. The van der Waals surface area contributed by atoms with Crippen molar-refractivity contribution in [3.8, 4) is 11.5 Å². The van der Waals surface area contributed by atoms with Crippen LogP contribution >= 0.6 is 0 Å². The van der Waals surface area contributed by atoms with Crippen molar-refractivity contribution in [1.82, 2.24) is 5.32 Å².